The van der Waals surface area contributed by atoms with Gasteiger partial charge < -0.3 is 1.43 Å². The van der Waals surface area contributed by atoms with E-state index >= 15 is 0 Å². The Morgan fingerprint density at radius 2 is 1.25 bits per heavy atom. The monoisotopic (exact) mass is 193 g/mol. The molecule has 0 saturated carbocycles. The van der Waals surface area contributed by atoms with Crippen LogP contribution in [0.1, 0.15) is 1.43 Å². The average Bonchev–Trinajstić information content (AvgIpc) is 0. The van der Waals surface area contributed by atoms with Crippen LogP contribution in [-0.2, 0) is 50.6 Å². The predicted molar refractivity (Wildman–Crippen MR) is 1.11 cm³/mol. The van der Waals surface area contributed by atoms with Crippen LogP contribution in [-0.4, -0.2) is 0 Å². The van der Waals surface area contributed by atoms with Gasteiger partial charge in [-0.15, -0.1) is 0 Å². The van der Waals surface area contributed by atoms with Crippen molar-refractivity contribution in [2.24, 2.45) is 0 Å². The van der Waals surface area contributed by atoms with Gasteiger partial charge in [0.15, 0.2) is 0 Å². The standard InChI is InChI=1S/Fe.Mn.Na.Ni.H/q;;+1;;-1. The third-order valence-electron chi connectivity index (χ3n) is 0. The van der Waals surface area contributed by atoms with Gasteiger partial charge in [-0.1, -0.05) is 0 Å². The normalized spacial score (nSPS) is 0. The van der Waals surface area contributed by atoms with Crippen molar-refractivity contribution in [1.82, 2.24) is 0 Å². The molecule has 0 saturated heterocycles. The zero-order valence-corrected chi connectivity index (χ0v) is 7.32. The summed E-state index contributed by atoms with van der Waals surface area (Å²) in [5.74, 6) is 0. The van der Waals surface area contributed by atoms with Gasteiger partial charge in [-0.3, -0.25) is 0 Å². The van der Waals surface area contributed by atoms with Crippen LogP contribution in [0.4, 0.5) is 0 Å². The summed E-state index contributed by atoms with van der Waals surface area (Å²) < 4.78 is 0. The molecule has 4 heavy (non-hydrogen) atoms. The van der Waals surface area contributed by atoms with Crippen molar-refractivity contribution < 1.29 is 81.6 Å². The number of hydrogen-bond acceptors (Lipinski definition) is 0. The first-order valence-electron chi connectivity index (χ1n) is 0. The molecule has 0 aliphatic carbocycles. The molecular formula is HFeMnNaNi. The van der Waals surface area contributed by atoms with Crippen LogP contribution in [0.15, 0.2) is 0 Å². The molecule has 0 heterocycles. The van der Waals surface area contributed by atoms with E-state index in [0.29, 0.717) is 0 Å². The minimum absolute atomic E-state index is 0. The van der Waals surface area contributed by atoms with E-state index in [9.17, 15) is 0 Å². The van der Waals surface area contributed by atoms with Crippen molar-refractivity contribution >= 4 is 0 Å². The Morgan fingerprint density at radius 1 is 1.25 bits per heavy atom. The minimum Gasteiger partial charge on any atom is -1.00 e. The quantitative estimate of drug-likeness (QED) is 0.363. The van der Waals surface area contributed by atoms with Crippen LogP contribution in [0.2, 0.25) is 0 Å². The van der Waals surface area contributed by atoms with Crippen LogP contribution in [0.5, 0.6) is 0 Å². The molecule has 0 amide bonds. The van der Waals surface area contributed by atoms with Crippen molar-refractivity contribution in [2.45, 2.75) is 0 Å². The Hall–Kier alpha value is 2.53. The van der Waals surface area contributed by atoms with E-state index in [1.165, 1.54) is 0 Å². The minimum atomic E-state index is 0. The SMILES string of the molecule is [Fe].[H-].[Mn].[Na+].[Ni]. The maximum atomic E-state index is 0. The van der Waals surface area contributed by atoms with Crippen LogP contribution in [0, 0.1) is 0 Å². The van der Waals surface area contributed by atoms with Crippen molar-refractivity contribution in [2.75, 3.05) is 0 Å². The average molecular weight is 193 g/mol. The summed E-state index contributed by atoms with van der Waals surface area (Å²) in [7, 11) is 0. The molecule has 27 valence electrons. The smallest absolute Gasteiger partial charge is 1.00 e. The second kappa shape index (κ2) is 17.7. The van der Waals surface area contributed by atoms with Gasteiger partial charge in [0, 0.05) is 50.6 Å². The molecular weight excluding hydrogens is 192 g/mol. The summed E-state index contributed by atoms with van der Waals surface area (Å²) in [6.45, 7) is 0. The van der Waals surface area contributed by atoms with Crippen molar-refractivity contribution in [3.8, 4) is 0 Å². The molecule has 4 heteroatoms. The first-order chi connectivity index (χ1) is 0. The maximum absolute atomic E-state index is 0. The van der Waals surface area contributed by atoms with E-state index < -0.39 is 0 Å². The van der Waals surface area contributed by atoms with E-state index in [4.69, 9.17) is 0 Å². The Morgan fingerprint density at radius 3 is 1.25 bits per heavy atom. The first-order valence-corrected chi connectivity index (χ1v) is 0. The maximum Gasteiger partial charge on any atom is 1.00 e. The molecule has 0 unspecified atom stereocenters. The van der Waals surface area contributed by atoms with E-state index in [-0.39, 0.29) is 81.6 Å². The summed E-state index contributed by atoms with van der Waals surface area (Å²) in [5, 5.41) is 0. The molecule has 0 atom stereocenters. The molecule has 0 N–H and O–H groups in total. The van der Waals surface area contributed by atoms with E-state index in [2.05, 4.69) is 0 Å². The van der Waals surface area contributed by atoms with Crippen LogP contribution in [0.3, 0.4) is 0 Å². The summed E-state index contributed by atoms with van der Waals surface area (Å²) in [5.41, 5.74) is 0. The van der Waals surface area contributed by atoms with Gasteiger partial charge in [-0.2, -0.15) is 0 Å². The van der Waals surface area contributed by atoms with Crippen LogP contribution >= 0.6 is 0 Å². The fraction of sp³-hybridized carbons (Fsp3) is 0. The van der Waals surface area contributed by atoms with Gasteiger partial charge in [-0.05, 0) is 0 Å². The van der Waals surface area contributed by atoms with Crippen molar-refractivity contribution in [3.63, 3.8) is 0 Å². The second-order valence-electron chi connectivity index (χ2n) is 0. The molecule has 0 nitrogen and oxygen atoms in total. The van der Waals surface area contributed by atoms with Crippen LogP contribution in [0.25, 0.3) is 0 Å². The van der Waals surface area contributed by atoms with Crippen molar-refractivity contribution in [3.05, 3.63) is 0 Å². The predicted octanol–water partition coefficient (Wildman–Crippen LogP) is -2.89. The summed E-state index contributed by atoms with van der Waals surface area (Å²) in [4.78, 5) is 0. The molecule has 0 rings (SSSR count). The van der Waals surface area contributed by atoms with Crippen LogP contribution < -0.4 is 29.6 Å². The Labute approximate surface area is 80.5 Å². The number of hydrogen-bond donors (Lipinski definition) is 0. The van der Waals surface area contributed by atoms with Crippen molar-refractivity contribution in [1.29, 1.82) is 0 Å². The molecule has 1 radical (unpaired) electrons. The fourth-order valence-electron chi connectivity index (χ4n) is 0. The van der Waals surface area contributed by atoms with Gasteiger partial charge >= 0.3 is 29.6 Å². The third kappa shape index (κ3) is 8.82. The topological polar surface area (TPSA) is 0 Å². The molecule has 0 spiro atoms. The van der Waals surface area contributed by atoms with E-state index in [1.807, 2.05) is 0 Å². The molecule has 0 aliphatic heterocycles. The molecule has 0 aliphatic rings. The number of rotatable bonds is 0. The van der Waals surface area contributed by atoms with Gasteiger partial charge in [0.25, 0.3) is 0 Å². The molecule has 0 aromatic heterocycles. The first kappa shape index (κ1) is 31.2. The summed E-state index contributed by atoms with van der Waals surface area (Å²) >= 11 is 0. The second-order valence-corrected chi connectivity index (χ2v) is 0. The van der Waals surface area contributed by atoms with E-state index in [1.54, 1.807) is 0 Å². The molecule has 0 aromatic rings. The van der Waals surface area contributed by atoms with E-state index in [0.717, 1.165) is 0 Å². The zero-order chi connectivity index (χ0) is 0. The van der Waals surface area contributed by atoms with Gasteiger partial charge in [0.05, 0.1) is 0 Å². The Balaban J connectivity index is 0. The largest absolute Gasteiger partial charge is 1.00 e. The third-order valence-corrected chi connectivity index (χ3v) is 0. The summed E-state index contributed by atoms with van der Waals surface area (Å²) in [6.07, 6.45) is 0. The fourth-order valence-corrected chi connectivity index (χ4v) is 0. The van der Waals surface area contributed by atoms with Gasteiger partial charge in [-0.25, -0.2) is 0 Å². The Bertz CT molecular complexity index is 11.6. The van der Waals surface area contributed by atoms with Gasteiger partial charge in [0.1, 0.15) is 0 Å². The Kier molecular flexibility index (Phi) is 138. The molecule has 0 aromatic carbocycles. The molecule has 0 fully saturated rings. The molecule has 0 bridgehead atoms. The summed E-state index contributed by atoms with van der Waals surface area (Å²) in [6, 6.07) is 0. The zero-order valence-electron chi connectivity index (χ0n) is 3.05. The van der Waals surface area contributed by atoms with Gasteiger partial charge in [0.2, 0.25) is 0 Å².